The van der Waals surface area contributed by atoms with E-state index in [1.807, 2.05) is 0 Å². The molecule has 0 fully saturated rings. The molecule has 3 rings (SSSR count). The van der Waals surface area contributed by atoms with Crippen molar-refractivity contribution in [3.05, 3.63) is 95.6 Å². The normalized spacial score (nSPS) is 11.1. The summed E-state index contributed by atoms with van der Waals surface area (Å²) in [5.74, 6) is -1.59. The summed E-state index contributed by atoms with van der Waals surface area (Å²) in [6, 6.07) is 21.0. The Labute approximate surface area is 226 Å². The van der Waals surface area contributed by atoms with E-state index >= 15 is 0 Å². The first-order valence-electron chi connectivity index (χ1n) is 12.3. The molecule has 1 N–H and O–H groups in total. The van der Waals surface area contributed by atoms with Gasteiger partial charge in [0, 0.05) is 29.7 Å². The van der Waals surface area contributed by atoms with Crippen LogP contribution in [0.15, 0.2) is 78.9 Å². The van der Waals surface area contributed by atoms with Crippen LogP contribution in [0.3, 0.4) is 0 Å². The number of anilines is 1. The number of ketones is 2. The predicted octanol–water partition coefficient (Wildman–Crippen LogP) is 4.66. The first kappa shape index (κ1) is 28.8. The quantitative estimate of drug-likeness (QED) is 0.249. The Bertz CT molecular complexity index is 1300. The van der Waals surface area contributed by atoms with Gasteiger partial charge in [0.2, 0.25) is 11.7 Å². The molecule has 202 valence electrons. The highest BCUT2D eigenvalue weighted by Crippen LogP contribution is 2.15. The van der Waals surface area contributed by atoms with E-state index in [1.165, 1.54) is 38.3 Å². The highest BCUT2D eigenvalue weighted by Gasteiger charge is 2.20. The van der Waals surface area contributed by atoms with Crippen molar-refractivity contribution < 1.29 is 38.2 Å². The summed E-state index contributed by atoms with van der Waals surface area (Å²) >= 11 is 0. The van der Waals surface area contributed by atoms with Gasteiger partial charge in [-0.15, -0.1) is 0 Å². The van der Waals surface area contributed by atoms with Gasteiger partial charge in [-0.3, -0.25) is 19.2 Å². The Morgan fingerprint density at radius 2 is 1.41 bits per heavy atom. The lowest BCUT2D eigenvalue weighted by Crippen LogP contribution is -2.24. The first-order chi connectivity index (χ1) is 18.8. The average molecular weight is 532 g/mol. The number of Topliss-reactive ketones (excluding diaryl/α,β-unsaturated/α-hetero) is 2. The second-order valence-electron chi connectivity index (χ2n) is 8.57. The van der Waals surface area contributed by atoms with Gasteiger partial charge >= 0.3 is 11.9 Å². The molecule has 0 radical (unpaired) electrons. The Hall–Kier alpha value is -4.79. The van der Waals surface area contributed by atoms with Gasteiger partial charge < -0.3 is 19.5 Å². The van der Waals surface area contributed by atoms with Crippen LogP contribution < -0.4 is 10.1 Å². The molecule has 0 saturated carbocycles. The zero-order valence-electron chi connectivity index (χ0n) is 21.7. The summed E-state index contributed by atoms with van der Waals surface area (Å²) in [6.07, 6.45) is -0.698. The standard InChI is InChI=1S/C30H29NO8/c1-20(29(35)22-13-17-25(37-2)18-14-22)39-28(34)10-6-9-27(33)31-24-15-11-23(12-16-24)30(36)38-19-26(32)21-7-4-3-5-8-21/h3-5,7-8,11-18,20H,6,9-10,19H2,1-2H3,(H,31,33)/t20-/m0/s1. The maximum Gasteiger partial charge on any atom is 0.338 e. The zero-order valence-corrected chi connectivity index (χ0v) is 21.7. The van der Waals surface area contributed by atoms with Crippen LogP contribution in [0.25, 0.3) is 0 Å². The minimum atomic E-state index is -0.957. The molecule has 0 aromatic heterocycles. The van der Waals surface area contributed by atoms with Crippen LogP contribution in [0.2, 0.25) is 0 Å². The van der Waals surface area contributed by atoms with E-state index in [1.54, 1.807) is 54.6 Å². The van der Waals surface area contributed by atoms with Gasteiger partial charge in [0.1, 0.15) is 5.75 Å². The molecule has 0 spiro atoms. The van der Waals surface area contributed by atoms with Crippen LogP contribution in [-0.2, 0) is 19.1 Å². The number of hydrogen-bond acceptors (Lipinski definition) is 8. The SMILES string of the molecule is COc1ccc(C(=O)[C@H](C)OC(=O)CCCC(=O)Nc2ccc(C(=O)OCC(=O)c3ccccc3)cc2)cc1. The van der Waals surface area contributed by atoms with Crippen LogP contribution in [0, 0.1) is 0 Å². The topological polar surface area (TPSA) is 125 Å². The number of hydrogen-bond donors (Lipinski definition) is 1. The third-order valence-corrected chi connectivity index (χ3v) is 5.67. The van der Waals surface area contributed by atoms with E-state index in [0.29, 0.717) is 22.6 Å². The number of amides is 1. The maximum atomic E-state index is 12.4. The molecule has 0 aliphatic carbocycles. The summed E-state index contributed by atoms with van der Waals surface area (Å²) < 4.78 is 15.3. The van der Waals surface area contributed by atoms with Crippen molar-refractivity contribution in [3.63, 3.8) is 0 Å². The lowest BCUT2D eigenvalue weighted by atomic mass is 10.1. The molecule has 9 heteroatoms. The van der Waals surface area contributed by atoms with Gasteiger partial charge in [-0.05, 0) is 61.9 Å². The van der Waals surface area contributed by atoms with Crippen LogP contribution >= 0.6 is 0 Å². The number of nitrogens with one attached hydrogen (secondary N) is 1. The smallest absolute Gasteiger partial charge is 0.338 e. The predicted molar refractivity (Wildman–Crippen MR) is 143 cm³/mol. The number of ether oxygens (including phenoxy) is 3. The summed E-state index contributed by atoms with van der Waals surface area (Å²) in [7, 11) is 1.52. The van der Waals surface area contributed by atoms with Crippen molar-refractivity contribution in [3.8, 4) is 5.75 Å². The van der Waals surface area contributed by atoms with E-state index in [9.17, 15) is 24.0 Å². The second kappa shape index (κ2) is 14.2. The van der Waals surface area contributed by atoms with Gasteiger partial charge in [-0.25, -0.2) is 4.79 Å². The van der Waals surface area contributed by atoms with E-state index in [2.05, 4.69) is 5.32 Å². The Morgan fingerprint density at radius 1 is 0.769 bits per heavy atom. The van der Waals surface area contributed by atoms with Crippen LogP contribution in [-0.4, -0.2) is 49.2 Å². The number of carbonyl (C=O) groups excluding carboxylic acids is 5. The molecule has 3 aromatic carbocycles. The fraction of sp³-hybridized carbons (Fsp3) is 0.233. The number of esters is 2. The molecule has 0 aliphatic rings. The van der Waals surface area contributed by atoms with Gasteiger partial charge in [0.15, 0.2) is 18.5 Å². The van der Waals surface area contributed by atoms with E-state index in [0.717, 1.165) is 0 Å². The van der Waals surface area contributed by atoms with Crippen molar-refractivity contribution in [2.45, 2.75) is 32.3 Å². The summed E-state index contributed by atoms with van der Waals surface area (Å²) in [6.45, 7) is 1.12. The summed E-state index contributed by atoms with van der Waals surface area (Å²) in [5.41, 5.74) is 1.54. The van der Waals surface area contributed by atoms with Crippen LogP contribution in [0.4, 0.5) is 5.69 Å². The summed E-state index contributed by atoms with van der Waals surface area (Å²) in [4.78, 5) is 61.1. The fourth-order valence-electron chi connectivity index (χ4n) is 3.53. The molecular formula is C30H29NO8. The zero-order chi connectivity index (χ0) is 28.2. The Morgan fingerprint density at radius 3 is 2.05 bits per heavy atom. The molecule has 1 atom stereocenters. The minimum Gasteiger partial charge on any atom is -0.497 e. The van der Waals surface area contributed by atoms with E-state index in [4.69, 9.17) is 14.2 Å². The molecular weight excluding hydrogens is 502 g/mol. The lowest BCUT2D eigenvalue weighted by Gasteiger charge is -2.12. The monoisotopic (exact) mass is 531 g/mol. The highest BCUT2D eigenvalue weighted by molar-refractivity contribution is 6.00. The van der Waals surface area contributed by atoms with Crippen molar-refractivity contribution in [1.82, 2.24) is 0 Å². The molecule has 0 bridgehead atoms. The molecule has 39 heavy (non-hydrogen) atoms. The summed E-state index contributed by atoms with van der Waals surface area (Å²) in [5, 5.41) is 2.68. The number of benzene rings is 3. The van der Waals surface area contributed by atoms with Crippen molar-refractivity contribution in [1.29, 1.82) is 0 Å². The molecule has 0 saturated heterocycles. The van der Waals surface area contributed by atoms with Crippen molar-refractivity contribution in [2.75, 3.05) is 19.0 Å². The maximum absolute atomic E-state index is 12.4. The average Bonchev–Trinajstić information content (AvgIpc) is 2.96. The Kier molecular flexibility index (Phi) is 10.5. The molecule has 0 aliphatic heterocycles. The largest absolute Gasteiger partial charge is 0.497 e. The van der Waals surface area contributed by atoms with E-state index in [-0.39, 0.29) is 48.9 Å². The Balaban J connectivity index is 1.36. The fourth-order valence-corrected chi connectivity index (χ4v) is 3.53. The van der Waals surface area contributed by atoms with Crippen molar-refractivity contribution in [2.24, 2.45) is 0 Å². The van der Waals surface area contributed by atoms with Crippen LogP contribution in [0.5, 0.6) is 5.75 Å². The van der Waals surface area contributed by atoms with Gasteiger partial charge in [-0.2, -0.15) is 0 Å². The molecule has 3 aromatic rings. The van der Waals surface area contributed by atoms with Crippen LogP contribution in [0.1, 0.15) is 57.3 Å². The van der Waals surface area contributed by atoms with Gasteiger partial charge in [0.25, 0.3) is 0 Å². The van der Waals surface area contributed by atoms with E-state index < -0.39 is 18.0 Å². The highest BCUT2D eigenvalue weighted by atomic mass is 16.5. The third kappa shape index (κ3) is 8.92. The molecule has 0 unspecified atom stereocenters. The number of methoxy groups -OCH3 is 1. The number of carbonyl (C=O) groups is 5. The molecule has 9 nitrogen and oxygen atoms in total. The van der Waals surface area contributed by atoms with Gasteiger partial charge in [-0.1, -0.05) is 30.3 Å². The molecule has 1 amide bonds. The van der Waals surface area contributed by atoms with Gasteiger partial charge in [0.05, 0.1) is 12.7 Å². The lowest BCUT2D eigenvalue weighted by molar-refractivity contribution is -0.146. The van der Waals surface area contributed by atoms with Crippen molar-refractivity contribution >= 4 is 35.1 Å². The first-order valence-corrected chi connectivity index (χ1v) is 12.3. The molecule has 0 heterocycles. The third-order valence-electron chi connectivity index (χ3n) is 5.67. The minimum absolute atomic E-state index is 0.0276. The number of rotatable bonds is 13. The second-order valence-corrected chi connectivity index (χ2v) is 8.57.